The lowest BCUT2D eigenvalue weighted by molar-refractivity contribution is -0.149. The zero-order valence-corrected chi connectivity index (χ0v) is 14.5. The fraction of sp³-hybridized carbons (Fsp3) is 0.600. The molecule has 0 atom stereocenters. The van der Waals surface area contributed by atoms with E-state index in [1.165, 1.54) is 11.3 Å². The van der Waals surface area contributed by atoms with Gasteiger partial charge in [0, 0.05) is 16.4 Å². The minimum atomic E-state index is -0.0663. The molecule has 1 aliphatic carbocycles. The summed E-state index contributed by atoms with van der Waals surface area (Å²) in [5.74, 6) is 0.426. The third-order valence-electron chi connectivity index (χ3n) is 3.81. The summed E-state index contributed by atoms with van der Waals surface area (Å²) in [5.41, 5.74) is 0. The summed E-state index contributed by atoms with van der Waals surface area (Å²) in [6, 6.07) is 1.83. The van der Waals surface area contributed by atoms with Crippen molar-refractivity contribution in [2.24, 2.45) is 11.8 Å². The van der Waals surface area contributed by atoms with Crippen LogP contribution in [-0.4, -0.2) is 25.0 Å². The van der Waals surface area contributed by atoms with Gasteiger partial charge in [-0.3, -0.25) is 9.59 Å². The first kappa shape index (κ1) is 16.5. The molecule has 21 heavy (non-hydrogen) atoms. The van der Waals surface area contributed by atoms with Crippen LogP contribution in [0.2, 0.25) is 0 Å². The van der Waals surface area contributed by atoms with Crippen LogP contribution >= 0.6 is 27.3 Å². The lowest BCUT2D eigenvalue weighted by Gasteiger charge is -2.27. The summed E-state index contributed by atoms with van der Waals surface area (Å²) in [6.07, 6.45) is 3.67. The first-order valence-electron chi connectivity index (χ1n) is 7.29. The van der Waals surface area contributed by atoms with Gasteiger partial charge in [-0.15, -0.1) is 11.3 Å². The largest absolute Gasteiger partial charge is 0.466 e. The number of nitrogens with one attached hydrogen (secondary N) is 1. The number of thiophene rings is 1. The van der Waals surface area contributed by atoms with Crippen LogP contribution in [0.3, 0.4) is 0 Å². The van der Waals surface area contributed by atoms with Gasteiger partial charge in [0.2, 0.25) is 0 Å². The van der Waals surface area contributed by atoms with E-state index in [0.717, 1.165) is 35.0 Å². The van der Waals surface area contributed by atoms with Crippen molar-refractivity contribution in [3.05, 3.63) is 20.8 Å². The molecule has 1 fully saturated rings. The second-order valence-electron chi connectivity index (χ2n) is 5.31. The van der Waals surface area contributed by atoms with Gasteiger partial charge >= 0.3 is 5.97 Å². The molecule has 0 saturated heterocycles. The van der Waals surface area contributed by atoms with Crippen LogP contribution in [0.4, 0.5) is 0 Å². The molecule has 1 heterocycles. The van der Waals surface area contributed by atoms with Crippen molar-refractivity contribution in [1.29, 1.82) is 0 Å². The molecule has 1 N–H and O–H groups in total. The third kappa shape index (κ3) is 4.81. The van der Waals surface area contributed by atoms with Gasteiger partial charge in [0.1, 0.15) is 0 Å². The molecule has 2 rings (SSSR count). The van der Waals surface area contributed by atoms with Gasteiger partial charge in [0.25, 0.3) is 5.91 Å². The zero-order valence-electron chi connectivity index (χ0n) is 12.1. The fourth-order valence-corrected chi connectivity index (χ4v) is 3.96. The Morgan fingerprint density at radius 2 is 2.10 bits per heavy atom. The summed E-state index contributed by atoms with van der Waals surface area (Å²) in [4.78, 5) is 24.4. The van der Waals surface area contributed by atoms with Gasteiger partial charge in [-0.05, 0) is 60.5 Å². The van der Waals surface area contributed by atoms with Gasteiger partial charge in [-0.1, -0.05) is 0 Å². The van der Waals surface area contributed by atoms with Crippen molar-refractivity contribution in [3.63, 3.8) is 0 Å². The molecule has 1 saturated carbocycles. The predicted molar refractivity (Wildman–Crippen MR) is 86.4 cm³/mol. The van der Waals surface area contributed by atoms with Crippen molar-refractivity contribution < 1.29 is 14.3 Å². The van der Waals surface area contributed by atoms with E-state index in [2.05, 4.69) is 21.2 Å². The summed E-state index contributed by atoms with van der Waals surface area (Å²) in [7, 11) is 0. The minimum Gasteiger partial charge on any atom is -0.466 e. The number of hydrogen-bond acceptors (Lipinski definition) is 4. The highest BCUT2D eigenvalue weighted by molar-refractivity contribution is 9.10. The van der Waals surface area contributed by atoms with Crippen LogP contribution in [0.5, 0.6) is 0 Å². The van der Waals surface area contributed by atoms with Gasteiger partial charge in [-0.2, -0.15) is 0 Å². The van der Waals surface area contributed by atoms with E-state index in [0.29, 0.717) is 19.1 Å². The molecular formula is C15H20BrNO3S. The Kier molecular flexibility index (Phi) is 6.23. The molecule has 1 aromatic rings. The van der Waals surface area contributed by atoms with E-state index in [1.807, 2.05) is 18.4 Å². The lowest BCUT2D eigenvalue weighted by Crippen LogP contribution is -2.32. The first-order chi connectivity index (χ1) is 10.1. The highest BCUT2D eigenvalue weighted by Crippen LogP contribution is 2.29. The summed E-state index contributed by atoms with van der Waals surface area (Å²) in [5, 5.41) is 4.89. The average Bonchev–Trinajstić information content (AvgIpc) is 2.92. The van der Waals surface area contributed by atoms with Crippen LogP contribution < -0.4 is 5.32 Å². The summed E-state index contributed by atoms with van der Waals surface area (Å²) in [6.45, 7) is 2.97. The Bertz CT molecular complexity index is 495. The highest BCUT2D eigenvalue weighted by atomic mass is 79.9. The van der Waals surface area contributed by atoms with Gasteiger partial charge < -0.3 is 10.1 Å². The predicted octanol–water partition coefficient (Wildman–Crippen LogP) is 3.61. The maximum Gasteiger partial charge on any atom is 0.308 e. The number of ether oxygens (including phenoxy) is 1. The van der Waals surface area contributed by atoms with Crippen molar-refractivity contribution >= 4 is 39.1 Å². The number of halogens is 1. The van der Waals surface area contributed by atoms with E-state index in [-0.39, 0.29) is 17.8 Å². The maximum absolute atomic E-state index is 12.0. The van der Waals surface area contributed by atoms with Crippen LogP contribution in [0.15, 0.2) is 15.9 Å². The van der Waals surface area contributed by atoms with Crippen molar-refractivity contribution in [2.45, 2.75) is 32.6 Å². The first-order valence-corrected chi connectivity index (χ1v) is 8.96. The summed E-state index contributed by atoms with van der Waals surface area (Å²) >= 11 is 4.78. The normalized spacial score (nSPS) is 21.8. The zero-order chi connectivity index (χ0) is 15.2. The average molecular weight is 374 g/mol. The van der Waals surface area contributed by atoms with E-state index < -0.39 is 0 Å². The van der Waals surface area contributed by atoms with Crippen molar-refractivity contribution in [3.8, 4) is 0 Å². The SMILES string of the molecule is CCOC(=O)C1CCC(CNC(=O)c2cc(Br)cs2)CC1. The molecule has 116 valence electrons. The molecule has 0 bridgehead atoms. The molecule has 6 heteroatoms. The standard InChI is InChI=1S/C15H20BrNO3S/c1-2-20-15(19)11-5-3-10(4-6-11)8-17-14(18)13-7-12(16)9-21-13/h7,9-11H,2-6,8H2,1H3,(H,17,18). The van der Waals surface area contributed by atoms with Crippen molar-refractivity contribution in [2.75, 3.05) is 13.2 Å². The number of amides is 1. The molecule has 0 unspecified atom stereocenters. The molecule has 4 nitrogen and oxygen atoms in total. The molecule has 0 aromatic carbocycles. The Balaban J connectivity index is 1.71. The molecule has 1 aliphatic rings. The monoisotopic (exact) mass is 373 g/mol. The minimum absolute atomic E-state index is 0.0155. The molecule has 0 spiro atoms. The van der Waals surface area contributed by atoms with Gasteiger partial charge in [0.05, 0.1) is 17.4 Å². The van der Waals surface area contributed by atoms with Gasteiger partial charge in [0.15, 0.2) is 0 Å². The lowest BCUT2D eigenvalue weighted by atomic mass is 9.82. The van der Waals surface area contributed by atoms with Crippen molar-refractivity contribution in [1.82, 2.24) is 5.32 Å². The number of hydrogen-bond donors (Lipinski definition) is 1. The molecule has 1 amide bonds. The van der Waals surface area contributed by atoms with Crippen LogP contribution in [0, 0.1) is 11.8 Å². The number of carbonyl (C=O) groups excluding carboxylic acids is 2. The molecule has 1 aromatic heterocycles. The highest BCUT2D eigenvalue weighted by Gasteiger charge is 2.27. The van der Waals surface area contributed by atoms with E-state index in [1.54, 1.807) is 0 Å². The molecule has 0 radical (unpaired) electrons. The number of rotatable bonds is 5. The second kappa shape index (κ2) is 7.94. The second-order valence-corrected chi connectivity index (χ2v) is 7.14. The van der Waals surface area contributed by atoms with E-state index >= 15 is 0 Å². The van der Waals surface area contributed by atoms with Crippen LogP contribution in [-0.2, 0) is 9.53 Å². The third-order valence-corrected chi connectivity index (χ3v) is 5.50. The quantitative estimate of drug-likeness (QED) is 0.802. The number of carbonyl (C=O) groups is 2. The van der Waals surface area contributed by atoms with Gasteiger partial charge in [-0.25, -0.2) is 0 Å². The number of esters is 1. The summed E-state index contributed by atoms with van der Waals surface area (Å²) < 4.78 is 6.00. The Morgan fingerprint density at radius 1 is 1.38 bits per heavy atom. The Labute approximate surface area is 137 Å². The maximum atomic E-state index is 12.0. The Morgan fingerprint density at radius 3 is 2.67 bits per heavy atom. The fourth-order valence-electron chi connectivity index (χ4n) is 2.62. The molecule has 0 aliphatic heterocycles. The topological polar surface area (TPSA) is 55.4 Å². The Hall–Kier alpha value is -0.880. The van der Waals surface area contributed by atoms with Crippen LogP contribution in [0.1, 0.15) is 42.3 Å². The van der Waals surface area contributed by atoms with Crippen LogP contribution in [0.25, 0.3) is 0 Å². The smallest absolute Gasteiger partial charge is 0.308 e. The van der Waals surface area contributed by atoms with E-state index in [4.69, 9.17) is 4.74 Å². The molecular weight excluding hydrogens is 354 g/mol. The van der Waals surface area contributed by atoms with E-state index in [9.17, 15) is 9.59 Å².